The Morgan fingerprint density at radius 3 is 2.39 bits per heavy atom. The van der Waals surface area contributed by atoms with Crippen molar-refractivity contribution in [3.8, 4) is 0 Å². The molecular formula is C19H25BrN4O4. The van der Waals surface area contributed by atoms with E-state index < -0.39 is 29.8 Å². The van der Waals surface area contributed by atoms with E-state index in [1.165, 1.54) is 4.80 Å². The number of nitrogens with one attached hydrogen (secondary N) is 1. The van der Waals surface area contributed by atoms with Crippen molar-refractivity contribution < 1.29 is 19.1 Å². The number of aromatic nitrogens is 3. The summed E-state index contributed by atoms with van der Waals surface area (Å²) in [4.78, 5) is 26.3. The number of hydrogen-bond acceptors (Lipinski definition) is 6. The Balaban J connectivity index is 2.26. The molecule has 0 aliphatic rings. The molecule has 1 aromatic carbocycles. The average molecular weight is 453 g/mol. The van der Waals surface area contributed by atoms with Crippen LogP contribution < -0.4 is 5.32 Å². The van der Waals surface area contributed by atoms with Crippen LogP contribution in [0.4, 0.5) is 4.79 Å². The number of carbonyl (C=O) groups is 2. The van der Waals surface area contributed by atoms with Gasteiger partial charge in [-0.1, -0.05) is 18.2 Å². The zero-order valence-electron chi connectivity index (χ0n) is 16.6. The van der Waals surface area contributed by atoms with E-state index in [4.69, 9.17) is 9.47 Å². The molecule has 2 aromatic rings. The van der Waals surface area contributed by atoms with Crippen LogP contribution >= 0.6 is 15.9 Å². The lowest BCUT2D eigenvalue weighted by Gasteiger charge is -2.26. The summed E-state index contributed by atoms with van der Waals surface area (Å²) in [6.45, 7) is 9.47. The molecule has 0 radical (unpaired) electrons. The average Bonchev–Trinajstić information content (AvgIpc) is 2.99. The fourth-order valence-corrected chi connectivity index (χ4v) is 2.87. The van der Waals surface area contributed by atoms with Gasteiger partial charge in [0.15, 0.2) is 10.7 Å². The highest BCUT2D eigenvalue weighted by Crippen LogP contribution is 2.27. The lowest BCUT2D eigenvalue weighted by atomic mass is 10.1. The van der Waals surface area contributed by atoms with Gasteiger partial charge in [0, 0.05) is 0 Å². The molecule has 0 bridgehead atoms. The lowest BCUT2D eigenvalue weighted by molar-refractivity contribution is 0.0138. The summed E-state index contributed by atoms with van der Waals surface area (Å²) in [5.41, 5.74) is 0.164. The first kappa shape index (κ1) is 21.9. The van der Waals surface area contributed by atoms with Crippen LogP contribution in [0.5, 0.6) is 0 Å². The Bertz CT molecular complexity index is 817. The number of halogens is 1. The van der Waals surface area contributed by atoms with E-state index in [0.29, 0.717) is 22.4 Å². The second-order valence-electron chi connectivity index (χ2n) is 7.19. The van der Waals surface area contributed by atoms with Crippen LogP contribution in [0.15, 0.2) is 34.9 Å². The molecule has 28 heavy (non-hydrogen) atoms. The van der Waals surface area contributed by atoms with Crippen molar-refractivity contribution in [2.24, 2.45) is 0 Å². The number of benzene rings is 1. The molecule has 1 amide bonds. The monoisotopic (exact) mass is 452 g/mol. The molecule has 0 saturated heterocycles. The van der Waals surface area contributed by atoms with Crippen LogP contribution in [0.1, 0.15) is 56.8 Å². The van der Waals surface area contributed by atoms with Crippen LogP contribution in [0, 0.1) is 0 Å². The van der Waals surface area contributed by atoms with Crippen molar-refractivity contribution in [2.45, 2.75) is 58.9 Å². The number of esters is 1. The predicted molar refractivity (Wildman–Crippen MR) is 107 cm³/mol. The maximum Gasteiger partial charge on any atom is 0.408 e. The normalized spacial score (nSPS) is 13.5. The number of alkyl carbamates (subject to hydrolysis) is 1. The minimum atomic E-state index is -0.866. The van der Waals surface area contributed by atoms with E-state index in [0.717, 1.165) is 0 Å². The van der Waals surface area contributed by atoms with Crippen LogP contribution in [0.25, 0.3) is 0 Å². The van der Waals surface area contributed by atoms with Crippen molar-refractivity contribution in [3.05, 3.63) is 46.2 Å². The van der Waals surface area contributed by atoms with Gasteiger partial charge in [-0.3, -0.25) is 0 Å². The Labute approximate surface area is 172 Å². The Morgan fingerprint density at radius 2 is 1.86 bits per heavy atom. The van der Waals surface area contributed by atoms with Crippen molar-refractivity contribution in [1.82, 2.24) is 20.3 Å². The smallest absolute Gasteiger partial charge is 0.408 e. The van der Waals surface area contributed by atoms with E-state index in [-0.39, 0.29) is 0 Å². The van der Waals surface area contributed by atoms with Gasteiger partial charge >= 0.3 is 12.1 Å². The highest BCUT2D eigenvalue weighted by atomic mass is 79.9. The molecule has 8 nitrogen and oxygen atoms in total. The maximum absolute atomic E-state index is 12.6. The number of hydrogen-bond donors (Lipinski definition) is 1. The van der Waals surface area contributed by atoms with Gasteiger partial charge in [-0.25, -0.2) is 9.59 Å². The molecule has 0 fully saturated rings. The first-order valence-corrected chi connectivity index (χ1v) is 9.76. The van der Waals surface area contributed by atoms with E-state index in [1.54, 1.807) is 52.0 Å². The van der Waals surface area contributed by atoms with Gasteiger partial charge in [-0.05, 0) is 62.7 Å². The molecule has 0 aliphatic heterocycles. The molecule has 2 rings (SSSR count). The minimum Gasteiger partial charge on any atom is -0.450 e. The summed E-state index contributed by atoms with van der Waals surface area (Å²) in [7, 11) is 0. The number of rotatable bonds is 6. The zero-order valence-corrected chi connectivity index (χ0v) is 18.2. The van der Waals surface area contributed by atoms with E-state index >= 15 is 0 Å². The first-order valence-electron chi connectivity index (χ1n) is 8.96. The molecule has 152 valence electrons. The highest BCUT2D eigenvalue weighted by molar-refractivity contribution is 9.10. The van der Waals surface area contributed by atoms with Gasteiger partial charge in [0.05, 0.1) is 18.2 Å². The lowest BCUT2D eigenvalue weighted by Crippen LogP contribution is -2.42. The molecule has 0 spiro atoms. The Hall–Kier alpha value is -2.42. The van der Waals surface area contributed by atoms with E-state index in [1.807, 2.05) is 13.0 Å². The van der Waals surface area contributed by atoms with E-state index in [2.05, 4.69) is 31.4 Å². The molecule has 1 aromatic heterocycles. The number of carbonyl (C=O) groups excluding carboxylic acids is 2. The van der Waals surface area contributed by atoms with Crippen molar-refractivity contribution >= 4 is 28.0 Å². The maximum atomic E-state index is 12.6. The fraction of sp³-hybridized carbons (Fsp3) is 0.474. The number of amides is 1. The number of ether oxygens (including phenoxy) is 2. The van der Waals surface area contributed by atoms with Gasteiger partial charge in [0.2, 0.25) is 0 Å². The number of nitrogens with zero attached hydrogens (tertiary/aromatic N) is 3. The highest BCUT2D eigenvalue weighted by Gasteiger charge is 2.32. The molecule has 0 unspecified atom stereocenters. The third kappa shape index (κ3) is 6.05. The van der Waals surface area contributed by atoms with Crippen molar-refractivity contribution in [3.63, 3.8) is 0 Å². The molecule has 1 N–H and O–H groups in total. The first-order chi connectivity index (χ1) is 13.1. The topological polar surface area (TPSA) is 95.3 Å². The van der Waals surface area contributed by atoms with E-state index in [9.17, 15) is 9.59 Å². The van der Waals surface area contributed by atoms with Crippen LogP contribution in [0.3, 0.4) is 0 Å². The second kappa shape index (κ2) is 9.18. The molecule has 1 heterocycles. The SMILES string of the molecule is CCn1nc(Br)c([C@@H](OC(=O)c2ccccc2)[C@@H](C)NC(=O)OC(C)(C)C)n1. The van der Waals surface area contributed by atoms with Gasteiger partial charge in [0.1, 0.15) is 11.3 Å². The largest absolute Gasteiger partial charge is 0.450 e. The van der Waals surface area contributed by atoms with Crippen molar-refractivity contribution in [1.29, 1.82) is 0 Å². The van der Waals surface area contributed by atoms with Gasteiger partial charge < -0.3 is 14.8 Å². The van der Waals surface area contributed by atoms with Crippen LogP contribution in [-0.2, 0) is 16.0 Å². The fourth-order valence-electron chi connectivity index (χ4n) is 2.38. The minimum absolute atomic E-state index is 0.399. The van der Waals surface area contributed by atoms with Crippen molar-refractivity contribution in [2.75, 3.05) is 0 Å². The standard InChI is InChI=1S/C19H25BrN4O4/c1-6-24-22-14(16(20)23-24)15(12(2)21-18(26)28-19(3,4)5)27-17(25)13-10-8-7-9-11-13/h7-12,15H,6H2,1-5H3,(H,21,26)/t12-,15+/m1/s1. The Kier molecular flexibility index (Phi) is 7.17. The molecule has 0 aliphatic carbocycles. The zero-order chi connectivity index (χ0) is 20.9. The molecule has 0 saturated carbocycles. The summed E-state index contributed by atoms with van der Waals surface area (Å²) in [5.74, 6) is -0.526. The van der Waals surface area contributed by atoms with Gasteiger partial charge in [0.25, 0.3) is 0 Å². The predicted octanol–water partition coefficient (Wildman–Crippen LogP) is 3.87. The molecular weight excluding hydrogens is 428 g/mol. The Morgan fingerprint density at radius 1 is 1.21 bits per heavy atom. The summed E-state index contributed by atoms with van der Waals surface area (Å²) in [6, 6.07) is 8.01. The molecule has 2 atom stereocenters. The third-order valence-corrected chi connectivity index (χ3v) is 4.20. The quantitative estimate of drug-likeness (QED) is 0.668. The second-order valence-corrected chi connectivity index (χ2v) is 7.94. The summed E-state index contributed by atoms with van der Waals surface area (Å²) in [5, 5.41) is 11.3. The summed E-state index contributed by atoms with van der Waals surface area (Å²) >= 11 is 3.36. The summed E-state index contributed by atoms with van der Waals surface area (Å²) < 4.78 is 11.4. The third-order valence-electron chi connectivity index (χ3n) is 3.63. The van der Waals surface area contributed by atoms with Crippen LogP contribution in [0.2, 0.25) is 0 Å². The van der Waals surface area contributed by atoms with Crippen LogP contribution in [-0.4, -0.2) is 38.7 Å². The van der Waals surface area contributed by atoms with Gasteiger partial charge in [-0.15, -0.1) is 5.10 Å². The number of aryl methyl sites for hydroxylation is 1. The molecule has 9 heteroatoms. The summed E-state index contributed by atoms with van der Waals surface area (Å²) in [6.07, 6.45) is -1.48. The van der Waals surface area contributed by atoms with Gasteiger partial charge in [-0.2, -0.15) is 9.90 Å².